The van der Waals surface area contributed by atoms with Crippen LogP contribution in [-0.4, -0.2) is 41.5 Å². The van der Waals surface area contributed by atoms with Crippen LogP contribution in [0.3, 0.4) is 0 Å². The molecule has 0 aliphatic carbocycles. The molecular weight excluding hydrogens is 213 g/mol. The zero-order valence-corrected chi connectivity index (χ0v) is 8.98. The van der Waals surface area contributed by atoms with Crippen LogP contribution >= 0.6 is 24.0 Å². The van der Waals surface area contributed by atoms with Gasteiger partial charge in [-0.2, -0.15) is 0 Å². The summed E-state index contributed by atoms with van der Waals surface area (Å²) in [6.45, 7) is 2.64. The standard InChI is InChI=1S/C8H14ClNO2.ClH/c9-3-6-10-4-1-7(2-5-10)8(11)12;/h7H,1-6H2,(H,11,12);1H. The molecule has 0 aromatic heterocycles. The van der Waals surface area contributed by atoms with Crippen molar-refractivity contribution in [3.63, 3.8) is 0 Å². The van der Waals surface area contributed by atoms with Crippen LogP contribution in [0.2, 0.25) is 0 Å². The summed E-state index contributed by atoms with van der Waals surface area (Å²) in [5, 5.41) is 8.71. The van der Waals surface area contributed by atoms with Gasteiger partial charge in [-0.3, -0.25) is 4.79 Å². The molecule has 5 heteroatoms. The van der Waals surface area contributed by atoms with Gasteiger partial charge in [0.25, 0.3) is 0 Å². The molecule has 78 valence electrons. The summed E-state index contributed by atoms with van der Waals surface area (Å²) in [6.07, 6.45) is 1.54. The van der Waals surface area contributed by atoms with Crippen molar-refractivity contribution in [2.75, 3.05) is 25.5 Å². The van der Waals surface area contributed by atoms with Gasteiger partial charge in [-0.1, -0.05) is 0 Å². The zero-order chi connectivity index (χ0) is 8.97. The molecular formula is C8H15Cl2NO2. The highest BCUT2D eigenvalue weighted by Crippen LogP contribution is 2.16. The summed E-state index contributed by atoms with van der Waals surface area (Å²) < 4.78 is 0. The predicted molar refractivity (Wildman–Crippen MR) is 54.8 cm³/mol. The Morgan fingerprint density at radius 3 is 2.38 bits per heavy atom. The molecule has 1 rings (SSSR count). The van der Waals surface area contributed by atoms with Crippen molar-refractivity contribution in [3.05, 3.63) is 0 Å². The normalized spacial score (nSPS) is 19.5. The minimum atomic E-state index is -0.652. The molecule has 0 aromatic carbocycles. The highest BCUT2D eigenvalue weighted by Gasteiger charge is 2.23. The molecule has 0 unspecified atom stereocenters. The van der Waals surface area contributed by atoms with Crippen molar-refractivity contribution in [3.8, 4) is 0 Å². The molecule has 0 aromatic rings. The van der Waals surface area contributed by atoms with Crippen LogP contribution in [0.1, 0.15) is 12.8 Å². The fraction of sp³-hybridized carbons (Fsp3) is 0.875. The first-order valence-corrected chi connectivity index (χ1v) is 4.78. The third kappa shape index (κ3) is 4.16. The fourth-order valence-electron chi connectivity index (χ4n) is 1.52. The number of carboxylic acid groups (broad SMARTS) is 1. The number of hydrogen-bond donors (Lipinski definition) is 1. The Balaban J connectivity index is 0.00000144. The van der Waals surface area contributed by atoms with Gasteiger partial charge in [0.05, 0.1) is 5.92 Å². The molecule has 13 heavy (non-hydrogen) atoms. The van der Waals surface area contributed by atoms with Crippen LogP contribution in [0.15, 0.2) is 0 Å². The van der Waals surface area contributed by atoms with Crippen molar-refractivity contribution in [1.82, 2.24) is 4.90 Å². The fourth-order valence-corrected chi connectivity index (χ4v) is 1.76. The van der Waals surface area contributed by atoms with Crippen LogP contribution in [0, 0.1) is 5.92 Å². The van der Waals surface area contributed by atoms with Crippen LogP contribution < -0.4 is 0 Å². The second-order valence-corrected chi connectivity index (χ2v) is 3.52. The largest absolute Gasteiger partial charge is 0.481 e. The number of nitrogens with zero attached hydrogens (tertiary/aromatic N) is 1. The van der Waals surface area contributed by atoms with E-state index < -0.39 is 5.97 Å². The Hall–Kier alpha value is 0.01000. The molecule has 1 N–H and O–H groups in total. The Kier molecular flexibility index (Phi) is 6.47. The maximum atomic E-state index is 10.6. The number of carbonyl (C=O) groups is 1. The molecule has 0 spiro atoms. The second kappa shape index (κ2) is 6.46. The summed E-state index contributed by atoms with van der Waals surface area (Å²) in [7, 11) is 0. The van der Waals surface area contributed by atoms with Crippen molar-refractivity contribution in [2.24, 2.45) is 5.92 Å². The Morgan fingerprint density at radius 2 is 2.00 bits per heavy atom. The van der Waals surface area contributed by atoms with Gasteiger partial charge in [0.1, 0.15) is 0 Å². The maximum absolute atomic E-state index is 10.6. The van der Waals surface area contributed by atoms with E-state index in [0.29, 0.717) is 5.88 Å². The van der Waals surface area contributed by atoms with Crippen LogP contribution in [0.4, 0.5) is 0 Å². The van der Waals surface area contributed by atoms with E-state index in [0.717, 1.165) is 32.5 Å². The van der Waals surface area contributed by atoms with Crippen molar-refractivity contribution in [2.45, 2.75) is 12.8 Å². The van der Waals surface area contributed by atoms with E-state index in [2.05, 4.69) is 4.90 Å². The minimum Gasteiger partial charge on any atom is -0.481 e. The zero-order valence-electron chi connectivity index (χ0n) is 7.41. The summed E-state index contributed by atoms with van der Waals surface area (Å²) in [4.78, 5) is 12.8. The molecule has 1 heterocycles. The Labute approximate surface area is 89.5 Å². The number of carboxylic acids is 1. The number of piperidine rings is 1. The lowest BCUT2D eigenvalue weighted by molar-refractivity contribution is -0.143. The number of alkyl halides is 1. The minimum absolute atomic E-state index is 0. The molecule has 1 aliphatic rings. The van der Waals surface area contributed by atoms with E-state index >= 15 is 0 Å². The van der Waals surface area contributed by atoms with Crippen LogP contribution in [-0.2, 0) is 4.79 Å². The first-order chi connectivity index (χ1) is 5.74. The van der Waals surface area contributed by atoms with E-state index in [1.807, 2.05) is 0 Å². The maximum Gasteiger partial charge on any atom is 0.306 e. The van der Waals surface area contributed by atoms with E-state index in [1.54, 1.807) is 0 Å². The van der Waals surface area contributed by atoms with Gasteiger partial charge >= 0.3 is 5.97 Å². The average Bonchev–Trinajstić information content (AvgIpc) is 2.06. The molecule has 0 bridgehead atoms. The Morgan fingerprint density at radius 1 is 1.46 bits per heavy atom. The SMILES string of the molecule is Cl.O=C(O)C1CCN(CCCl)CC1. The lowest BCUT2D eigenvalue weighted by Crippen LogP contribution is -2.37. The van der Waals surface area contributed by atoms with Gasteiger partial charge in [0, 0.05) is 12.4 Å². The van der Waals surface area contributed by atoms with Gasteiger partial charge in [-0.25, -0.2) is 0 Å². The molecule has 1 aliphatic heterocycles. The van der Waals surface area contributed by atoms with E-state index in [9.17, 15) is 4.79 Å². The lowest BCUT2D eigenvalue weighted by atomic mass is 9.97. The smallest absolute Gasteiger partial charge is 0.306 e. The first-order valence-electron chi connectivity index (χ1n) is 4.25. The number of likely N-dealkylation sites (tertiary alicyclic amines) is 1. The summed E-state index contributed by atoms with van der Waals surface area (Å²) in [6, 6.07) is 0. The second-order valence-electron chi connectivity index (χ2n) is 3.14. The molecule has 0 amide bonds. The lowest BCUT2D eigenvalue weighted by Gasteiger charge is -2.29. The number of halogens is 2. The van der Waals surface area contributed by atoms with Crippen LogP contribution in [0.25, 0.3) is 0 Å². The first kappa shape index (κ1) is 13.0. The molecule has 1 fully saturated rings. The van der Waals surface area contributed by atoms with E-state index in [4.69, 9.17) is 16.7 Å². The molecule has 0 radical (unpaired) electrons. The quantitative estimate of drug-likeness (QED) is 0.743. The van der Waals surface area contributed by atoms with Gasteiger partial charge in [-0.15, -0.1) is 24.0 Å². The number of rotatable bonds is 3. The topological polar surface area (TPSA) is 40.5 Å². The summed E-state index contributed by atoms with van der Waals surface area (Å²) in [5.41, 5.74) is 0. The van der Waals surface area contributed by atoms with Crippen molar-refractivity contribution >= 4 is 30.0 Å². The highest BCUT2D eigenvalue weighted by atomic mass is 35.5. The molecule has 0 atom stereocenters. The van der Waals surface area contributed by atoms with Gasteiger partial charge in [0.15, 0.2) is 0 Å². The number of hydrogen-bond acceptors (Lipinski definition) is 2. The summed E-state index contributed by atoms with van der Waals surface area (Å²) in [5.74, 6) is -0.144. The summed E-state index contributed by atoms with van der Waals surface area (Å²) >= 11 is 5.58. The Bertz CT molecular complexity index is 158. The van der Waals surface area contributed by atoms with Crippen molar-refractivity contribution in [1.29, 1.82) is 0 Å². The van der Waals surface area contributed by atoms with Gasteiger partial charge in [-0.05, 0) is 25.9 Å². The van der Waals surface area contributed by atoms with Gasteiger partial charge < -0.3 is 10.0 Å². The third-order valence-corrected chi connectivity index (χ3v) is 2.51. The monoisotopic (exact) mass is 227 g/mol. The van der Waals surface area contributed by atoms with Crippen LogP contribution in [0.5, 0.6) is 0 Å². The van der Waals surface area contributed by atoms with E-state index in [-0.39, 0.29) is 18.3 Å². The predicted octanol–water partition coefficient (Wildman–Crippen LogP) is 1.44. The average molecular weight is 228 g/mol. The van der Waals surface area contributed by atoms with Crippen molar-refractivity contribution < 1.29 is 9.90 Å². The molecule has 0 saturated carbocycles. The third-order valence-electron chi connectivity index (χ3n) is 2.34. The van der Waals surface area contributed by atoms with E-state index in [1.165, 1.54) is 0 Å². The number of aliphatic carboxylic acids is 1. The van der Waals surface area contributed by atoms with Gasteiger partial charge in [0.2, 0.25) is 0 Å². The molecule has 1 saturated heterocycles. The highest BCUT2D eigenvalue weighted by molar-refractivity contribution is 6.18. The molecule has 3 nitrogen and oxygen atoms in total.